The van der Waals surface area contributed by atoms with Gasteiger partial charge in [0.2, 0.25) is 5.91 Å². The van der Waals surface area contributed by atoms with E-state index < -0.39 is 0 Å². The molecule has 1 N–H and O–H groups in total. The van der Waals surface area contributed by atoms with Crippen molar-refractivity contribution in [2.24, 2.45) is 0 Å². The second-order valence-corrected chi connectivity index (χ2v) is 7.06. The summed E-state index contributed by atoms with van der Waals surface area (Å²) in [5.74, 6) is 1.58. The second kappa shape index (κ2) is 7.81. The van der Waals surface area contributed by atoms with E-state index in [4.69, 9.17) is 16.3 Å². The first-order valence-corrected chi connectivity index (χ1v) is 9.14. The number of carbonyl (C=O) groups excluding carboxylic acids is 1. The number of para-hydroxylation sites is 1. The molecule has 0 spiro atoms. The topological polar surface area (TPSA) is 41.6 Å². The molecule has 4 nitrogen and oxygen atoms in total. The van der Waals surface area contributed by atoms with Gasteiger partial charge in [-0.05, 0) is 42.5 Å². The molecule has 3 rings (SSSR count). The van der Waals surface area contributed by atoms with Gasteiger partial charge >= 0.3 is 0 Å². The molecule has 1 aliphatic rings. The highest BCUT2D eigenvalue weighted by molar-refractivity contribution is 7.99. The zero-order chi connectivity index (χ0) is 16.9. The van der Waals surface area contributed by atoms with E-state index in [1.54, 1.807) is 25.3 Å². The fraction of sp³-hybridized carbons (Fsp3) is 0.278. The Balaban J connectivity index is 1.75. The second-order valence-electron chi connectivity index (χ2n) is 5.48. The molecule has 126 valence electrons. The number of benzene rings is 2. The molecule has 0 radical (unpaired) electrons. The lowest BCUT2D eigenvalue weighted by Crippen LogP contribution is -2.34. The maximum absolute atomic E-state index is 12.5. The fourth-order valence-electron chi connectivity index (χ4n) is 2.70. The lowest BCUT2D eigenvalue weighted by Gasteiger charge is -2.24. The summed E-state index contributed by atoms with van der Waals surface area (Å²) in [6.45, 7) is 1.16. The molecule has 0 saturated heterocycles. The van der Waals surface area contributed by atoms with E-state index in [0.29, 0.717) is 23.0 Å². The van der Waals surface area contributed by atoms with Crippen LogP contribution < -0.4 is 15.0 Å². The largest absolute Gasteiger partial charge is 0.495 e. The molecule has 24 heavy (non-hydrogen) atoms. The van der Waals surface area contributed by atoms with Crippen molar-refractivity contribution in [1.82, 2.24) is 0 Å². The number of nitrogens with one attached hydrogen (secondary N) is 1. The first-order valence-electron chi connectivity index (χ1n) is 7.77. The zero-order valence-electron chi connectivity index (χ0n) is 13.4. The standard InChI is InChI=1S/C18H19ClN2O2S/c1-23-16-8-7-13(19)11-14(16)20-18(22)12-21-9-4-10-24-17-6-3-2-5-15(17)21/h2-3,5-8,11H,4,9-10,12H2,1H3,(H,20,22). The van der Waals surface area contributed by atoms with Gasteiger partial charge in [-0.1, -0.05) is 23.7 Å². The molecular weight excluding hydrogens is 344 g/mol. The fourth-order valence-corrected chi connectivity index (χ4v) is 3.89. The van der Waals surface area contributed by atoms with Crippen LogP contribution in [0, 0.1) is 0 Å². The number of halogens is 1. The van der Waals surface area contributed by atoms with Crippen LogP contribution in [0.3, 0.4) is 0 Å². The molecule has 1 amide bonds. The highest BCUT2D eigenvalue weighted by atomic mass is 35.5. The van der Waals surface area contributed by atoms with E-state index in [-0.39, 0.29) is 5.91 Å². The third-order valence-electron chi connectivity index (χ3n) is 3.81. The van der Waals surface area contributed by atoms with Crippen LogP contribution >= 0.6 is 23.4 Å². The van der Waals surface area contributed by atoms with Crippen molar-refractivity contribution < 1.29 is 9.53 Å². The number of anilines is 2. The number of ether oxygens (including phenoxy) is 1. The number of carbonyl (C=O) groups is 1. The number of rotatable bonds is 4. The van der Waals surface area contributed by atoms with E-state index in [1.807, 2.05) is 23.9 Å². The minimum absolute atomic E-state index is 0.0859. The van der Waals surface area contributed by atoms with Crippen molar-refractivity contribution in [2.45, 2.75) is 11.3 Å². The smallest absolute Gasteiger partial charge is 0.243 e. The van der Waals surface area contributed by atoms with Gasteiger partial charge in [0.25, 0.3) is 0 Å². The van der Waals surface area contributed by atoms with E-state index in [2.05, 4.69) is 22.3 Å². The molecule has 0 bridgehead atoms. The van der Waals surface area contributed by atoms with Gasteiger partial charge in [-0.2, -0.15) is 0 Å². The summed E-state index contributed by atoms with van der Waals surface area (Å²) in [6.07, 6.45) is 1.05. The van der Waals surface area contributed by atoms with Crippen molar-refractivity contribution in [3.05, 3.63) is 47.5 Å². The van der Waals surface area contributed by atoms with Crippen molar-refractivity contribution in [2.75, 3.05) is 36.2 Å². The first-order chi connectivity index (χ1) is 11.7. The van der Waals surface area contributed by atoms with Gasteiger partial charge in [-0.3, -0.25) is 4.79 Å². The minimum atomic E-state index is -0.0859. The van der Waals surface area contributed by atoms with Crippen molar-refractivity contribution in [1.29, 1.82) is 0 Å². The van der Waals surface area contributed by atoms with Crippen LogP contribution in [-0.4, -0.2) is 31.9 Å². The molecule has 1 heterocycles. The van der Waals surface area contributed by atoms with Crippen molar-refractivity contribution in [3.8, 4) is 5.75 Å². The molecule has 1 aliphatic heterocycles. The van der Waals surface area contributed by atoms with Gasteiger partial charge in [-0.25, -0.2) is 0 Å². The number of nitrogens with zero attached hydrogens (tertiary/aromatic N) is 1. The van der Waals surface area contributed by atoms with Crippen LogP contribution in [0.4, 0.5) is 11.4 Å². The SMILES string of the molecule is COc1ccc(Cl)cc1NC(=O)CN1CCCSc2ccccc21. The van der Waals surface area contributed by atoms with Gasteiger partial charge in [0.1, 0.15) is 5.75 Å². The predicted molar refractivity (Wildman–Crippen MR) is 101 cm³/mol. The molecular formula is C18H19ClN2O2S. The molecule has 0 aromatic heterocycles. The zero-order valence-corrected chi connectivity index (χ0v) is 15.0. The number of amides is 1. The van der Waals surface area contributed by atoms with Gasteiger partial charge in [0.05, 0.1) is 25.0 Å². The molecule has 0 aliphatic carbocycles. The Bertz CT molecular complexity index is 739. The number of hydrogen-bond acceptors (Lipinski definition) is 4. The van der Waals surface area contributed by atoms with Gasteiger partial charge in [-0.15, -0.1) is 11.8 Å². The predicted octanol–water partition coefficient (Wildman–Crippen LogP) is 4.29. The lowest BCUT2D eigenvalue weighted by atomic mass is 10.2. The van der Waals surface area contributed by atoms with Crippen LogP contribution in [0.25, 0.3) is 0 Å². The summed E-state index contributed by atoms with van der Waals surface area (Å²) in [4.78, 5) is 15.9. The third-order valence-corrected chi connectivity index (χ3v) is 5.19. The van der Waals surface area contributed by atoms with Crippen molar-refractivity contribution >= 4 is 40.6 Å². The summed E-state index contributed by atoms with van der Waals surface area (Å²) in [6, 6.07) is 13.4. The molecule has 2 aromatic carbocycles. The number of thioether (sulfide) groups is 1. The highest BCUT2D eigenvalue weighted by Crippen LogP contribution is 2.33. The first kappa shape index (κ1) is 17.0. The quantitative estimate of drug-likeness (QED) is 0.881. The van der Waals surface area contributed by atoms with Crippen LogP contribution in [0.2, 0.25) is 5.02 Å². The molecule has 6 heteroatoms. The molecule has 0 saturated carbocycles. The van der Waals surface area contributed by atoms with Crippen molar-refractivity contribution in [3.63, 3.8) is 0 Å². The Kier molecular flexibility index (Phi) is 5.53. The number of hydrogen-bond donors (Lipinski definition) is 1. The lowest BCUT2D eigenvalue weighted by molar-refractivity contribution is -0.115. The normalized spacial score (nSPS) is 13.8. The Labute approximate surface area is 151 Å². The Morgan fingerprint density at radius 3 is 3.00 bits per heavy atom. The molecule has 0 fully saturated rings. The van der Waals surface area contributed by atoms with E-state index >= 15 is 0 Å². The molecule has 0 atom stereocenters. The van der Waals surface area contributed by atoms with Gasteiger partial charge in [0, 0.05) is 16.5 Å². The monoisotopic (exact) mass is 362 g/mol. The molecule has 2 aromatic rings. The average Bonchev–Trinajstić information content (AvgIpc) is 2.78. The minimum Gasteiger partial charge on any atom is -0.495 e. The van der Waals surface area contributed by atoms with Crippen LogP contribution in [-0.2, 0) is 4.79 Å². The Morgan fingerprint density at radius 1 is 1.33 bits per heavy atom. The Morgan fingerprint density at radius 2 is 2.17 bits per heavy atom. The highest BCUT2D eigenvalue weighted by Gasteiger charge is 2.18. The van der Waals surface area contributed by atoms with Crippen LogP contribution in [0.15, 0.2) is 47.4 Å². The summed E-state index contributed by atoms with van der Waals surface area (Å²) in [5, 5.41) is 3.46. The number of methoxy groups -OCH3 is 1. The van der Waals surface area contributed by atoms with Gasteiger partial charge in [0.15, 0.2) is 0 Å². The summed E-state index contributed by atoms with van der Waals surface area (Å²) in [5.41, 5.74) is 1.71. The summed E-state index contributed by atoms with van der Waals surface area (Å²) < 4.78 is 5.28. The van der Waals surface area contributed by atoms with E-state index in [1.165, 1.54) is 4.90 Å². The maximum atomic E-state index is 12.5. The third kappa shape index (κ3) is 3.97. The maximum Gasteiger partial charge on any atom is 0.243 e. The summed E-state index contributed by atoms with van der Waals surface area (Å²) >= 11 is 7.86. The molecule has 0 unspecified atom stereocenters. The van der Waals surface area contributed by atoms with Crippen LogP contribution in [0.1, 0.15) is 6.42 Å². The average molecular weight is 363 g/mol. The number of fused-ring (bicyclic) bond motifs is 1. The van der Waals surface area contributed by atoms with E-state index in [0.717, 1.165) is 24.4 Å². The Hall–Kier alpha value is -1.85. The van der Waals surface area contributed by atoms with E-state index in [9.17, 15) is 4.79 Å². The summed E-state index contributed by atoms with van der Waals surface area (Å²) in [7, 11) is 1.57. The van der Waals surface area contributed by atoms with Gasteiger partial charge < -0.3 is 15.0 Å². The van der Waals surface area contributed by atoms with Crippen LogP contribution in [0.5, 0.6) is 5.75 Å².